The molecule has 0 heterocycles. The molecule has 0 aliphatic heterocycles. The molecule has 0 radical (unpaired) electrons. The van der Waals surface area contributed by atoms with Gasteiger partial charge in [0.1, 0.15) is 5.60 Å². The molecule has 1 aliphatic rings. The van der Waals surface area contributed by atoms with E-state index in [1.54, 1.807) is 0 Å². The van der Waals surface area contributed by atoms with E-state index in [2.05, 4.69) is 0 Å². The van der Waals surface area contributed by atoms with Crippen LogP contribution in [0.4, 0.5) is 0 Å². The van der Waals surface area contributed by atoms with Crippen LogP contribution < -0.4 is 0 Å². The van der Waals surface area contributed by atoms with Crippen LogP contribution in [-0.4, -0.2) is 23.1 Å². The van der Waals surface area contributed by atoms with Crippen LogP contribution in [-0.2, 0) is 19.1 Å². The Bertz CT molecular complexity index is 376. The van der Waals surface area contributed by atoms with Crippen LogP contribution in [0.1, 0.15) is 73.6 Å². The normalized spacial score (nSPS) is 18.7. The van der Waals surface area contributed by atoms with E-state index in [4.69, 9.17) is 9.47 Å². The number of hydrogen-bond donors (Lipinski definition) is 0. The number of carbonyl (C=O) groups is 2. The lowest BCUT2D eigenvalue weighted by Gasteiger charge is -2.43. The maximum absolute atomic E-state index is 12.4. The molecule has 0 unspecified atom stereocenters. The molecule has 1 fully saturated rings. The average Bonchev–Trinajstić information content (AvgIpc) is 2.77. The highest BCUT2D eigenvalue weighted by molar-refractivity contribution is 5.76. The van der Waals surface area contributed by atoms with Gasteiger partial charge in [0.2, 0.25) is 0 Å². The molecule has 1 saturated carbocycles. The van der Waals surface area contributed by atoms with Gasteiger partial charge in [-0.25, -0.2) is 0 Å². The lowest BCUT2D eigenvalue weighted by molar-refractivity contribution is -0.210. The van der Waals surface area contributed by atoms with E-state index in [-0.39, 0.29) is 11.9 Å². The van der Waals surface area contributed by atoms with Crippen molar-refractivity contribution in [1.82, 2.24) is 0 Å². The lowest BCUT2D eigenvalue weighted by atomic mass is 9.82. The molecule has 0 aromatic carbocycles. The zero-order chi connectivity index (χ0) is 15.6. The third-order valence-corrected chi connectivity index (χ3v) is 4.63. The molecule has 0 N–H and O–H groups in total. The van der Waals surface area contributed by atoms with E-state index in [1.165, 1.54) is 6.92 Å². The van der Waals surface area contributed by atoms with Crippen LogP contribution in [0.3, 0.4) is 0 Å². The molecule has 0 amide bonds. The molecular weight excluding hydrogens is 256 g/mol. The number of rotatable bonds is 5. The summed E-state index contributed by atoms with van der Waals surface area (Å²) in [6.07, 6.45) is 4.20. The van der Waals surface area contributed by atoms with Crippen LogP contribution >= 0.6 is 0 Å². The fourth-order valence-electron chi connectivity index (χ4n) is 2.69. The number of carbonyl (C=O) groups excluding carboxylic acids is 2. The van der Waals surface area contributed by atoms with Gasteiger partial charge in [-0.1, -0.05) is 6.92 Å². The van der Waals surface area contributed by atoms with Crippen LogP contribution in [0.25, 0.3) is 0 Å². The largest absolute Gasteiger partial charge is 0.456 e. The van der Waals surface area contributed by atoms with E-state index in [0.717, 1.165) is 32.1 Å². The molecule has 0 spiro atoms. The lowest BCUT2D eigenvalue weighted by Crippen LogP contribution is -2.55. The highest BCUT2D eigenvalue weighted by atomic mass is 16.6. The Morgan fingerprint density at radius 3 is 2.00 bits per heavy atom. The van der Waals surface area contributed by atoms with Gasteiger partial charge in [0.15, 0.2) is 5.60 Å². The van der Waals surface area contributed by atoms with Crippen LogP contribution in [0.15, 0.2) is 0 Å². The monoisotopic (exact) mass is 284 g/mol. The standard InChI is InChI=1S/C16H28O4/c1-7-14(3,4)13(18)20-16(10-8-9-11-16)15(5,6)19-12(2)17/h7-11H2,1-6H3. The molecule has 4 heteroatoms. The zero-order valence-electron chi connectivity index (χ0n) is 13.7. The van der Waals surface area contributed by atoms with Gasteiger partial charge in [-0.05, 0) is 59.8 Å². The van der Waals surface area contributed by atoms with Crippen molar-refractivity contribution in [2.45, 2.75) is 84.8 Å². The summed E-state index contributed by atoms with van der Waals surface area (Å²) in [5.41, 5.74) is -2.00. The summed E-state index contributed by atoms with van der Waals surface area (Å²) in [6, 6.07) is 0. The third-order valence-electron chi connectivity index (χ3n) is 4.63. The van der Waals surface area contributed by atoms with Crippen molar-refractivity contribution in [3.63, 3.8) is 0 Å². The van der Waals surface area contributed by atoms with Crippen molar-refractivity contribution in [2.24, 2.45) is 5.41 Å². The molecule has 1 rings (SSSR count). The van der Waals surface area contributed by atoms with Gasteiger partial charge in [0.25, 0.3) is 0 Å². The van der Waals surface area contributed by atoms with Crippen LogP contribution in [0.5, 0.6) is 0 Å². The summed E-state index contributed by atoms with van der Waals surface area (Å²) in [5, 5.41) is 0. The molecule has 0 saturated heterocycles. The first-order valence-electron chi connectivity index (χ1n) is 7.49. The number of ether oxygens (including phenoxy) is 2. The fourth-order valence-corrected chi connectivity index (χ4v) is 2.69. The van der Waals surface area contributed by atoms with Crippen molar-refractivity contribution in [2.75, 3.05) is 0 Å². The second-order valence-corrected chi connectivity index (χ2v) is 6.93. The molecule has 0 aromatic heterocycles. The molecule has 0 aromatic rings. The van der Waals surface area contributed by atoms with E-state index in [9.17, 15) is 9.59 Å². The highest BCUT2D eigenvalue weighted by Crippen LogP contribution is 2.45. The minimum atomic E-state index is -0.797. The van der Waals surface area contributed by atoms with E-state index in [1.807, 2.05) is 34.6 Å². The number of esters is 2. The maximum Gasteiger partial charge on any atom is 0.312 e. The summed E-state index contributed by atoms with van der Waals surface area (Å²) in [7, 11) is 0. The van der Waals surface area contributed by atoms with Gasteiger partial charge in [-0.2, -0.15) is 0 Å². The quantitative estimate of drug-likeness (QED) is 0.723. The SMILES string of the molecule is CCC(C)(C)C(=O)OC1(C(C)(C)OC(C)=O)CCCC1. The van der Waals surface area contributed by atoms with Gasteiger partial charge < -0.3 is 9.47 Å². The summed E-state index contributed by atoms with van der Waals surface area (Å²) < 4.78 is 11.4. The van der Waals surface area contributed by atoms with Gasteiger partial charge in [0, 0.05) is 6.92 Å². The molecular formula is C16H28O4. The molecule has 1 aliphatic carbocycles. The highest BCUT2D eigenvalue weighted by Gasteiger charge is 2.53. The second kappa shape index (κ2) is 5.74. The Morgan fingerprint density at radius 2 is 1.60 bits per heavy atom. The van der Waals surface area contributed by atoms with Gasteiger partial charge in [-0.15, -0.1) is 0 Å². The van der Waals surface area contributed by atoms with Crippen LogP contribution in [0.2, 0.25) is 0 Å². The zero-order valence-corrected chi connectivity index (χ0v) is 13.7. The average molecular weight is 284 g/mol. The van der Waals surface area contributed by atoms with E-state index < -0.39 is 16.6 Å². The Hall–Kier alpha value is -1.06. The molecule has 0 bridgehead atoms. The summed E-state index contributed by atoms with van der Waals surface area (Å²) in [4.78, 5) is 23.8. The first-order chi connectivity index (χ1) is 9.06. The van der Waals surface area contributed by atoms with Gasteiger partial charge in [0.05, 0.1) is 5.41 Å². The molecule has 4 nitrogen and oxygen atoms in total. The molecule has 116 valence electrons. The molecule has 20 heavy (non-hydrogen) atoms. The van der Waals surface area contributed by atoms with Crippen molar-refractivity contribution < 1.29 is 19.1 Å². The summed E-state index contributed by atoms with van der Waals surface area (Å²) >= 11 is 0. The van der Waals surface area contributed by atoms with E-state index in [0.29, 0.717) is 0 Å². The van der Waals surface area contributed by atoms with Crippen molar-refractivity contribution in [3.8, 4) is 0 Å². The van der Waals surface area contributed by atoms with Gasteiger partial charge in [-0.3, -0.25) is 9.59 Å². The van der Waals surface area contributed by atoms with Crippen molar-refractivity contribution in [3.05, 3.63) is 0 Å². The predicted octanol–water partition coefficient (Wildman–Crippen LogP) is 3.62. The summed E-state index contributed by atoms with van der Waals surface area (Å²) in [5.74, 6) is -0.547. The summed E-state index contributed by atoms with van der Waals surface area (Å²) in [6.45, 7) is 10.8. The maximum atomic E-state index is 12.4. The Morgan fingerprint density at radius 1 is 1.10 bits per heavy atom. The third kappa shape index (κ3) is 3.33. The first-order valence-corrected chi connectivity index (χ1v) is 7.49. The van der Waals surface area contributed by atoms with E-state index >= 15 is 0 Å². The van der Waals surface area contributed by atoms with Crippen LogP contribution in [0, 0.1) is 5.41 Å². The fraction of sp³-hybridized carbons (Fsp3) is 0.875. The van der Waals surface area contributed by atoms with Crippen molar-refractivity contribution in [1.29, 1.82) is 0 Å². The van der Waals surface area contributed by atoms with Crippen molar-refractivity contribution >= 4 is 11.9 Å². The van der Waals surface area contributed by atoms with Gasteiger partial charge >= 0.3 is 11.9 Å². The second-order valence-electron chi connectivity index (χ2n) is 6.93. The molecule has 0 atom stereocenters. The Balaban J connectivity index is 2.99. The Labute approximate surface area is 122 Å². The number of hydrogen-bond acceptors (Lipinski definition) is 4. The predicted molar refractivity (Wildman–Crippen MR) is 77.2 cm³/mol. The topological polar surface area (TPSA) is 52.6 Å². The first kappa shape index (κ1) is 17.0. The minimum Gasteiger partial charge on any atom is -0.456 e. The minimum absolute atomic E-state index is 0.206. The Kier molecular flexibility index (Phi) is 4.88. The smallest absolute Gasteiger partial charge is 0.312 e.